The molecule has 110 valence electrons. The predicted molar refractivity (Wildman–Crippen MR) is 79.0 cm³/mol. The van der Waals surface area contributed by atoms with Crippen molar-refractivity contribution < 1.29 is 4.79 Å². The van der Waals surface area contributed by atoms with Crippen molar-refractivity contribution in [1.29, 1.82) is 0 Å². The molecule has 3 nitrogen and oxygen atoms in total. The molecule has 3 atom stereocenters. The summed E-state index contributed by atoms with van der Waals surface area (Å²) < 4.78 is 0. The van der Waals surface area contributed by atoms with Crippen LogP contribution in [0.4, 0.5) is 0 Å². The van der Waals surface area contributed by atoms with Gasteiger partial charge < -0.3 is 10.2 Å². The summed E-state index contributed by atoms with van der Waals surface area (Å²) in [5.74, 6) is 0.305. The summed E-state index contributed by atoms with van der Waals surface area (Å²) in [5, 5.41) is 3.33. The maximum absolute atomic E-state index is 12.6. The lowest BCUT2D eigenvalue weighted by Crippen LogP contribution is -2.47. The number of nitrogens with one attached hydrogen (secondary N) is 1. The number of carbonyl (C=O) groups excluding carboxylic acids is 1. The van der Waals surface area contributed by atoms with Crippen LogP contribution in [0.1, 0.15) is 60.3 Å². The van der Waals surface area contributed by atoms with Crippen molar-refractivity contribution in [3.05, 3.63) is 0 Å². The van der Waals surface area contributed by atoms with E-state index in [0.29, 0.717) is 22.8 Å². The van der Waals surface area contributed by atoms with Crippen LogP contribution in [0.5, 0.6) is 0 Å². The van der Waals surface area contributed by atoms with Crippen molar-refractivity contribution in [3.63, 3.8) is 0 Å². The van der Waals surface area contributed by atoms with Gasteiger partial charge in [-0.2, -0.15) is 0 Å². The monoisotopic (exact) mass is 266 g/mol. The smallest absolute Gasteiger partial charge is 0.239 e. The Bertz CT molecular complexity index is 353. The highest BCUT2D eigenvalue weighted by molar-refractivity contribution is 5.82. The molecule has 0 spiro atoms. The van der Waals surface area contributed by atoms with Gasteiger partial charge in [0.2, 0.25) is 5.91 Å². The summed E-state index contributed by atoms with van der Waals surface area (Å²) in [5.41, 5.74) is 0.722. The zero-order chi connectivity index (χ0) is 14.3. The lowest BCUT2D eigenvalue weighted by molar-refractivity contribution is -0.134. The molecule has 1 aliphatic carbocycles. The second-order valence-corrected chi connectivity index (χ2v) is 7.86. The number of likely N-dealkylation sites (tertiary alicyclic amines) is 1. The van der Waals surface area contributed by atoms with Crippen LogP contribution < -0.4 is 5.32 Å². The number of nitrogens with zero attached hydrogens (tertiary/aromatic N) is 1. The molecular formula is C16H30N2O. The van der Waals surface area contributed by atoms with Crippen molar-refractivity contribution in [2.24, 2.45) is 10.8 Å². The summed E-state index contributed by atoms with van der Waals surface area (Å²) in [6, 6.07) is 0.429. The van der Waals surface area contributed by atoms with Crippen LogP contribution in [-0.4, -0.2) is 36.0 Å². The molecule has 19 heavy (non-hydrogen) atoms. The Labute approximate surface area is 118 Å². The van der Waals surface area contributed by atoms with Gasteiger partial charge in [-0.05, 0) is 50.0 Å². The van der Waals surface area contributed by atoms with Crippen LogP contribution in [0.15, 0.2) is 0 Å². The van der Waals surface area contributed by atoms with Crippen LogP contribution in [0, 0.1) is 10.8 Å². The third-order valence-corrected chi connectivity index (χ3v) is 4.77. The molecule has 1 saturated carbocycles. The summed E-state index contributed by atoms with van der Waals surface area (Å²) in [4.78, 5) is 14.8. The Balaban J connectivity index is 2.05. The molecule has 1 N–H and O–H groups in total. The van der Waals surface area contributed by atoms with Crippen molar-refractivity contribution >= 4 is 5.91 Å². The minimum atomic E-state index is -0.0361. The van der Waals surface area contributed by atoms with Gasteiger partial charge in [0.15, 0.2) is 0 Å². The number of fused-ring (bicyclic) bond motifs is 2. The van der Waals surface area contributed by atoms with Crippen molar-refractivity contribution in [1.82, 2.24) is 10.2 Å². The van der Waals surface area contributed by atoms with Crippen molar-refractivity contribution in [2.75, 3.05) is 13.1 Å². The molecule has 2 fully saturated rings. The standard InChI is InChI=1S/C16H30N2O/c1-6-7-17-12(2)14(19)18-11-16(5)9-13(18)8-15(3,4)10-16/h12-13,17H,6-11H2,1-5H3. The van der Waals surface area contributed by atoms with Crippen LogP contribution >= 0.6 is 0 Å². The van der Waals surface area contributed by atoms with Gasteiger partial charge in [0.1, 0.15) is 0 Å². The number of rotatable bonds is 4. The molecule has 3 heteroatoms. The van der Waals surface area contributed by atoms with E-state index in [1.54, 1.807) is 0 Å². The first kappa shape index (κ1) is 14.8. The molecule has 2 aliphatic rings. The van der Waals surface area contributed by atoms with Crippen molar-refractivity contribution in [2.45, 2.75) is 72.4 Å². The Morgan fingerprint density at radius 2 is 2.05 bits per heavy atom. The second kappa shape index (κ2) is 5.08. The fraction of sp³-hybridized carbons (Fsp3) is 0.938. The Morgan fingerprint density at radius 3 is 2.68 bits per heavy atom. The molecule has 2 rings (SSSR count). The van der Waals surface area contributed by atoms with E-state index in [1.165, 1.54) is 12.8 Å². The highest BCUT2D eigenvalue weighted by Gasteiger charge is 2.51. The summed E-state index contributed by atoms with van der Waals surface area (Å²) >= 11 is 0. The van der Waals surface area contributed by atoms with E-state index in [0.717, 1.165) is 25.9 Å². The minimum Gasteiger partial charge on any atom is -0.338 e. The normalized spacial score (nSPS) is 34.4. The van der Waals surface area contributed by atoms with E-state index < -0.39 is 0 Å². The molecule has 1 aliphatic heterocycles. The fourth-order valence-corrected chi connectivity index (χ4v) is 4.41. The molecule has 0 aromatic carbocycles. The molecule has 1 amide bonds. The van der Waals surface area contributed by atoms with Gasteiger partial charge >= 0.3 is 0 Å². The van der Waals surface area contributed by atoms with Gasteiger partial charge in [-0.1, -0.05) is 27.7 Å². The number of hydrogen-bond acceptors (Lipinski definition) is 2. The van der Waals surface area contributed by atoms with Crippen molar-refractivity contribution in [3.8, 4) is 0 Å². The Morgan fingerprint density at radius 1 is 1.37 bits per heavy atom. The van der Waals surface area contributed by atoms with Crippen LogP contribution in [0.25, 0.3) is 0 Å². The minimum absolute atomic E-state index is 0.0361. The average molecular weight is 266 g/mol. The third-order valence-electron chi connectivity index (χ3n) is 4.77. The Hall–Kier alpha value is -0.570. The maximum atomic E-state index is 12.6. The van der Waals surface area contributed by atoms with Gasteiger partial charge in [0.05, 0.1) is 6.04 Å². The van der Waals surface area contributed by atoms with Crippen LogP contribution in [-0.2, 0) is 4.79 Å². The maximum Gasteiger partial charge on any atom is 0.239 e. The highest BCUT2D eigenvalue weighted by atomic mass is 16.2. The molecule has 0 aromatic heterocycles. The van der Waals surface area contributed by atoms with E-state index in [9.17, 15) is 4.79 Å². The second-order valence-electron chi connectivity index (χ2n) is 7.86. The first-order valence-corrected chi connectivity index (χ1v) is 7.80. The average Bonchev–Trinajstić information content (AvgIpc) is 2.54. The highest BCUT2D eigenvalue weighted by Crippen LogP contribution is 2.52. The van der Waals surface area contributed by atoms with Gasteiger partial charge in [-0.3, -0.25) is 4.79 Å². The molecule has 1 saturated heterocycles. The molecule has 1 heterocycles. The Kier molecular flexibility index (Phi) is 3.97. The van der Waals surface area contributed by atoms with Gasteiger partial charge in [0.25, 0.3) is 0 Å². The van der Waals surface area contributed by atoms with E-state index in [1.807, 2.05) is 6.92 Å². The molecular weight excluding hydrogens is 236 g/mol. The molecule has 3 unspecified atom stereocenters. The van der Waals surface area contributed by atoms with E-state index in [4.69, 9.17) is 0 Å². The zero-order valence-corrected chi connectivity index (χ0v) is 13.3. The summed E-state index contributed by atoms with van der Waals surface area (Å²) in [6.45, 7) is 13.1. The summed E-state index contributed by atoms with van der Waals surface area (Å²) in [7, 11) is 0. The zero-order valence-electron chi connectivity index (χ0n) is 13.3. The first-order valence-electron chi connectivity index (χ1n) is 7.80. The lowest BCUT2D eigenvalue weighted by Gasteiger charge is -2.39. The number of carbonyl (C=O) groups is 1. The van der Waals surface area contributed by atoms with Gasteiger partial charge in [0, 0.05) is 12.6 Å². The largest absolute Gasteiger partial charge is 0.338 e. The first-order chi connectivity index (χ1) is 8.76. The lowest BCUT2D eigenvalue weighted by atomic mass is 9.65. The summed E-state index contributed by atoms with van der Waals surface area (Å²) in [6.07, 6.45) is 4.68. The van der Waals surface area contributed by atoms with Crippen LogP contribution in [0.2, 0.25) is 0 Å². The van der Waals surface area contributed by atoms with Crippen LogP contribution in [0.3, 0.4) is 0 Å². The predicted octanol–water partition coefficient (Wildman–Crippen LogP) is 2.80. The quantitative estimate of drug-likeness (QED) is 0.848. The third kappa shape index (κ3) is 3.13. The van der Waals surface area contributed by atoms with Gasteiger partial charge in [-0.25, -0.2) is 0 Å². The molecule has 0 radical (unpaired) electrons. The topological polar surface area (TPSA) is 32.3 Å². The van der Waals surface area contributed by atoms with Gasteiger partial charge in [-0.15, -0.1) is 0 Å². The SMILES string of the molecule is CCCNC(C)C(=O)N1CC2(C)CC1CC(C)(C)C2. The van der Waals surface area contributed by atoms with E-state index >= 15 is 0 Å². The molecule has 2 bridgehead atoms. The fourth-order valence-electron chi connectivity index (χ4n) is 4.41. The van der Waals surface area contributed by atoms with E-state index in [-0.39, 0.29) is 6.04 Å². The van der Waals surface area contributed by atoms with E-state index in [2.05, 4.69) is 37.9 Å². The number of hydrogen-bond donors (Lipinski definition) is 1. The molecule has 0 aromatic rings. The number of amides is 1.